The van der Waals surface area contributed by atoms with Crippen molar-refractivity contribution in [2.75, 3.05) is 10.0 Å². The minimum atomic E-state index is -3.83. The van der Waals surface area contributed by atoms with E-state index < -0.39 is 10.0 Å². The van der Waals surface area contributed by atoms with Gasteiger partial charge in [0.15, 0.2) is 11.6 Å². The van der Waals surface area contributed by atoms with Gasteiger partial charge in [-0.15, -0.1) is 0 Å². The number of benzene rings is 3. The second-order valence-corrected chi connectivity index (χ2v) is 9.23. The van der Waals surface area contributed by atoms with Crippen molar-refractivity contribution in [2.24, 2.45) is 0 Å². The molecule has 0 aliphatic carbocycles. The molecule has 0 amide bonds. The van der Waals surface area contributed by atoms with Gasteiger partial charge in [0.05, 0.1) is 14.9 Å². The van der Waals surface area contributed by atoms with Gasteiger partial charge in [0.2, 0.25) is 0 Å². The number of anilines is 2. The first kappa shape index (κ1) is 23.5. The predicted molar refractivity (Wildman–Crippen MR) is 127 cm³/mol. The zero-order valence-corrected chi connectivity index (χ0v) is 19.1. The fourth-order valence-electron chi connectivity index (χ4n) is 2.71. The van der Waals surface area contributed by atoms with Crippen LogP contribution in [0.1, 0.15) is 27.6 Å². The summed E-state index contributed by atoms with van der Waals surface area (Å²) in [5, 5.41) is 3.56. The molecular formula is C23H18Cl2N2O4S. The van der Waals surface area contributed by atoms with E-state index in [0.29, 0.717) is 27.5 Å². The van der Waals surface area contributed by atoms with E-state index in [1.807, 2.05) is 0 Å². The zero-order chi connectivity index (χ0) is 23.3. The third-order valence-electron chi connectivity index (χ3n) is 4.37. The van der Waals surface area contributed by atoms with E-state index in [4.69, 9.17) is 23.2 Å². The molecule has 3 aromatic rings. The maximum absolute atomic E-state index is 12.6. The number of Topliss-reactive ketones (excluding diaryl/α,β-unsaturated/α-hetero) is 1. The topological polar surface area (TPSA) is 92.3 Å². The van der Waals surface area contributed by atoms with Crippen LogP contribution in [0.4, 0.5) is 11.4 Å². The van der Waals surface area contributed by atoms with E-state index in [-0.39, 0.29) is 21.5 Å². The summed E-state index contributed by atoms with van der Waals surface area (Å²) in [5.41, 5.74) is 1.68. The van der Waals surface area contributed by atoms with Gasteiger partial charge in [0.1, 0.15) is 0 Å². The third-order valence-corrected chi connectivity index (χ3v) is 6.51. The summed E-state index contributed by atoms with van der Waals surface area (Å²) in [5.74, 6) is -0.431. The quantitative estimate of drug-likeness (QED) is 0.308. The van der Waals surface area contributed by atoms with E-state index in [2.05, 4.69) is 10.0 Å². The zero-order valence-electron chi connectivity index (χ0n) is 16.8. The molecule has 164 valence electrons. The molecule has 32 heavy (non-hydrogen) atoms. The van der Waals surface area contributed by atoms with Crippen molar-refractivity contribution in [3.8, 4) is 0 Å². The van der Waals surface area contributed by atoms with Gasteiger partial charge in [-0.1, -0.05) is 35.3 Å². The third kappa shape index (κ3) is 5.97. The number of hydrogen-bond acceptors (Lipinski definition) is 5. The Morgan fingerprint density at radius 1 is 0.844 bits per heavy atom. The Labute approximate surface area is 195 Å². The molecule has 0 saturated heterocycles. The number of rotatable bonds is 8. The highest BCUT2D eigenvalue weighted by Crippen LogP contribution is 2.23. The second-order valence-electron chi connectivity index (χ2n) is 6.74. The minimum Gasteiger partial charge on any atom is -0.362 e. The molecular weight excluding hydrogens is 471 g/mol. The summed E-state index contributed by atoms with van der Waals surface area (Å²) in [6, 6.07) is 16.8. The van der Waals surface area contributed by atoms with E-state index in [1.165, 1.54) is 43.5 Å². The highest BCUT2D eigenvalue weighted by molar-refractivity contribution is 7.92. The number of sulfonamides is 1. The van der Waals surface area contributed by atoms with Gasteiger partial charge in [0.25, 0.3) is 10.0 Å². The van der Waals surface area contributed by atoms with Crippen molar-refractivity contribution in [1.82, 2.24) is 0 Å². The van der Waals surface area contributed by atoms with Gasteiger partial charge >= 0.3 is 0 Å². The lowest BCUT2D eigenvalue weighted by molar-refractivity contribution is 0.101. The summed E-state index contributed by atoms with van der Waals surface area (Å²) in [7, 11) is -3.83. The monoisotopic (exact) mass is 488 g/mol. The van der Waals surface area contributed by atoms with Crippen LogP contribution in [-0.4, -0.2) is 20.0 Å². The highest BCUT2D eigenvalue weighted by Gasteiger charge is 2.14. The Bertz CT molecular complexity index is 1300. The van der Waals surface area contributed by atoms with Gasteiger partial charge in [0, 0.05) is 34.8 Å². The van der Waals surface area contributed by atoms with Crippen LogP contribution in [0.3, 0.4) is 0 Å². The summed E-state index contributed by atoms with van der Waals surface area (Å²) < 4.78 is 27.7. The summed E-state index contributed by atoms with van der Waals surface area (Å²) in [6.45, 7) is 1.41. The summed E-state index contributed by atoms with van der Waals surface area (Å²) >= 11 is 11.8. The number of ketones is 2. The normalized spacial score (nSPS) is 11.3. The van der Waals surface area contributed by atoms with Crippen molar-refractivity contribution in [3.63, 3.8) is 0 Å². The highest BCUT2D eigenvalue weighted by atomic mass is 35.5. The number of halogens is 2. The number of hydrogen-bond donors (Lipinski definition) is 2. The maximum atomic E-state index is 12.6. The molecule has 0 aliphatic heterocycles. The van der Waals surface area contributed by atoms with Crippen molar-refractivity contribution in [3.05, 3.63) is 100 Å². The Morgan fingerprint density at radius 2 is 1.56 bits per heavy atom. The molecule has 0 fully saturated rings. The van der Waals surface area contributed by atoms with Crippen LogP contribution in [0.2, 0.25) is 10.0 Å². The smallest absolute Gasteiger partial charge is 0.261 e. The average Bonchev–Trinajstić information content (AvgIpc) is 2.76. The molecule has 0 atom stereocenters. The molecule has 3 aromatic carbocycles. The molecule has 0 bridgehead atoms. The van der Waals surface area contributed by atoms with E-state index >= 15 is 0 Å². The van der Waals surface area contributed by atoms with Gasteiger partial charge < -0.3 is 5.32 Å². The summed E-state index contributed by atoms with van der Waals surface area (Å²) in [4.78, 5) is 23.7. The van der Waals surface area contributed by atoms with Crippen LogP contribution >= 0.6 is 23.2 Å². The van der Waals surface area contributed by atoms with Crippen LogP contribution in [0.5, 0.6) is 0 Å². The molecule has 0 aromatic heterocycles. The fraction of sp³-hybridized carbons (Fsp3) is 0.0435. The number of allylic oxidation sites excluding steroid dienone is 1. The van der Waals surface area contributed by atoms with Crippen LogP contribution < -0.4 is 10.0 Å². The average molecular weight is 489 g/mol. The van der Waals surface area contributed by atoms with E-state index in [0.717, 1.165) is 0 Å². The minimum absolute atomic E-state index is 0.0483. The SMILES string of the molecule is CC(=O)c1cccc(NS(=O)(=O)c2ccc(N/C=C\C(=O)c3ccc(Cl)c(Cl)c3)cc2)c1. The largest absolute Gasteiger partial charge is 0.362 e. The van der Waals surface area contributed by atoms with Gasteiger partial charge in [-0.25, -0.2) is 8.42 Å². The molecule has 0 aliphatic rings. The molecule has 0 unspecified atom stereocenters. The first-order chi connectivity index (χ1) is 15.2. The van der Waals surface area contributed by atoms with E-state index in [9.17, 15) is 18.0 Å². The van der Waals surface area contributed by atoms with Crippen molar-refractivity contribution < 1.29 is 18.0 Å². The number of carbonyl (C=O) groups is 2. The first-order valence-electron chi connectivity index (χ1n) is 9.32. The predicted octanol–water partition coefficient (Wildman–Crippen LogP) is 5.81. The van der Waals surface area contributed by atoms with Crippen LogP contribution in [0.15, 0.2) is 83.9 Å². The van der Waals surface area contributed by atoms with Gasteiger partial charge in [-0.05, 0) is 61.5 Å². The molecule has 3 rings (SSSR count). The number of nitrogens with one attached hydrogen (secondary N) is 2. The number of carbonyl (C=O) groups excluding carboxylic acids is 2. The second kappa shape index (κ2) is 9.99. The van der Waals surface area contributed by atoms with E-state index in [1.54, 1.807) is 42.5 Å². The molecule has 0 radical (unpaired) electrons. The maximum Gasteiger partial charge on any atom is 0.261 e. The van der Waals surface area contributed by atoms with Crippen molar-refractivity contribution in [2.45, 2.75) is 11.8 Å². The molecule has 6 nitrogen and oxygen atoms in total. The standard InChI is InChI=1S/C23H18Cl2N2O4S/c1-15(28)16-3-2-4-19(13-16)27-32(30,31)20-8-6-18(7-9-20)26-12-11-23(29)17-5-10-21(24)22(25)14-17/h2-14,26-27H,1H3/b12-11-. The van der Waals surface area contributed by atoms with Crippen LogP contribution in [0, 0.1) is 0 Å². The summed E-state index contributed by atoms with van der Waals surface area (Å²) in [6.07, 6.45) is 2.77. The molecule has 2 N–H and O–H groups in total. The van der Waals surface area contributed by atoms with Crippen LogP contribution in [0.25, 0.3) is 0 Å². The van der Waals surface area contributed by atoms with Crippen molar-refractivity contribution in [1.29, 1.82) is 0 Å². The lowest BCUT2D eigenvalue weighted by Crippen LogP contribution is -2.13. The van der Waals surface area contributed by atoms with Gasteiger partial charge in [-0.3, -0.25) is 14.3 Å². The molecule has 9 heteroatoms. The Hall–Kier alpha value is -3.13. The Kier molecular flexibility index (Phi) is 7.35. The molecule has 0 heterocycles. The Morgan fingerprint density at radius 3 is 2.22 bits per heavy atom. The molecule has 0 spiro atoms. The van der Waals surface area contributed by atoms with Crippen LogP contribution in [-0.2, 0) is 10.0 Å². The molecule has 0 saturated carbocycles. The van der Waals surface area contributed by atoms with Crippen molar-refractivity contribution >= 4 is 56.2 Å². The lowest BCUT2D eigenvalue weighted by Gasteiger charge is -2.09. The first-order valence-corrected chi connectivity index (χ1v) is 11.6. The van der Waals surface area contributed by atoms with Gasteiger partial charge in [-0.2, -0.15) is 0 Å². The lowest BCUT2D eigenvalue weighted by atomic mass is 10.1. The fourth-order valence-corrected chi connectivity index (χ4v) is 4.05. The Balaban J connectivity index is 1.65.